The normalized spacial score (nSPS) is 10.8. The van der Waals surface area contributed by atoms with Crippen LogP contribution in [0.3, 0.4) is 0 Å². The second kappa shape index (κ2) is 9.80. The lowest BCUT2D eigenvalue weighted by Gasteiger charge is -2.08. The van der Waals surface area contributed by atoms with Crippen molar-refractivity contribution in [3.05, 3.63) is 87.9 Å². The molecule has 2 N–H and O–H groups in total. The molecule has 0 radical (unpaired) electrons. The van der Waals surface area contributed by atoms with E-state index in [4.69, 9.17) is 21.1 Å². The molecule has 0 atom stereocenters. The van der Waals surface area contributed by atoms with Crippen LogP contribution in [-0.2, 0) is 6.61 Å². The molecule has 154 valence electrons. The van der Waals surface area contributed by atoms with Crippen LogP contribution in [0, 0.1) is 6.92 Å². The molecule has 0 fully saturated rings. The van der Waals surface area contributed by atoms with E-state index in [1.165, 1.54) is 19.4 Å². The number of halogens is 1. The van der Waals surface area contributed by atoms with Gasteiger partial charge in [0.1, 0.15) is 12.4 Å². The molecule has 0 aliphatic carbocycles. The highest BCUT2D eigenvalue weighted by Gasteiger charge is 2.06. The molecule has 6 nitrogen and oxygen atoms in total. The lowest BCUT2D eigenvalue weighted by molar-refractivity contribution is 0.0955. The lowest BCUT2D eigenvalue weighted by atomic mass is 10.1. The molecule has 0 heterocycles. The summed E-state index contributed by atoms with van der Waals surface area (Å²) in [6.45, 7) is 2.30. The van der Waals surface area contributed by atoms with Crippen molar-refractivity contribution >= 4 is 23.7 Å². The Hall–Kier alpha value is -3.51. The first-order chi connectivity index (χ1) is 14.5. The molecule has 3 rings (SSSR count). The number of aromatic hydroxyl groups is 1. The fourth-order valence-corrected chi connectivity index (χ4v) is 2.76. The number of methoxy groups -OCH3 is 1. The molecule has 0 saturated carbocycles. The number of phenolic OH excluding ortho intramolecular Hbond substituents is 1. The van der Waals surface area contributed by atoms with Crippen LogP contribution in [0.1, 0.15) is 27.0 Å². The molecule has 0 bridgehead atoms. The Bertz CT molecular complexity index is 1070. The predicted molar refractivity (Wildman–Crippen MR) is 117 cm³/mol. The number of amides is 1. The Labute approximate surface area is 179 Å². The van der Waals surface area contributed by atoms with Crippen LogP contribution in [-0.4, -0.2) is 24.3 Å². The second-order valence-corrected chi connectivity index (χ2v) is 6.93. The van der Waals surface area contributed by atoms with Gasteiger partial charge in [0.25, 0.3) is 5.91 Å². The van der Waals surface area contributed by atoms with E-state index in [1.54, 1.807) is 30.3 Å². The molecular formula is C23H21ClN2O4. The quantitative estimate of drug-likeness (QED) is 0.425. The molecule has 1 amide bonds. The van der Waals surface area contributed by atoms with Gasteiger partial charge in [-0.05, 0) is 72.1 Å². The van der Waals surface area contributed by atoms with Gasteiger partial charge in [-0.15, -0.1) is 0 Å². The number of hydrogen-bond acceptors (Lipinski definition) is 5. The van der Waals surface area contributed by atoms with Gasteiger partial charge in [-0.25, -0.2) is 5.43 Å². The number of carbonyl (C=O) groups is 1. The van der Waals surface area contributed by atoms with Crippen molar-refractivity contribution in [3.63, 3.8) is 0 Å². The average Bonchev–Trinajstić information content (AvgIpc) is 2.75. The third-order valence-corrected chi connectivity index (χ3v) is 4.76. The molecule has 0 aliphatic heterocycles. The summed E-state index contributed by atoms with van der Waals surface area (Å²) >= 11 is 6.02. The highest BCUT2D eigenvalue weighted by molar-refractivity contribution is 6.31. The first-order valence-corrected chi connectivity index (χ1v) is 9.52. The van der Waals surface area contributed by atoms with Crippen LogP contribution >= 0.6 is 11.6 Å². The molecular weight excluding hydrogens is 404 g/mol. The van der Waals surface area contributed by atoms with Gasteiger partial charge in [0.05, 0.1) is 13.3 Å². The zero-order valence-corrected chi connectivity index (χ0v) is 17.3. The predicted octanol–water partition coefficient (Wildman–Crippen LogP) is 4.71. The highest BCUT2D eigenvalue weighted by atomic mass is 35.5. The van der Waals surface area contributed by atoms with E-state index in [9.17, 15) is 9.90 Å². The van der Waals surface area contributed by atoms with E-state index in [-0.39, 0.29) is 11.7 Å². The maximum Gasteiger partial charge on any atom is 0.271 e. The topological polar surface area (TPSA) is 80.2 Å². The van der Waals surface area contributed by atoms with Gasteiger partial charge in [0.2, 0.25) is 0 Å². The summed E-state index contributed by atoms with van der Waals surface area (Å²) in [5.74, 6) is 0.758. The number of hydrazone groups is 1. The molecule has 3 aromatic rings. The third kappa shape index (κ3) is 5.52. The minimum atomic E-state index is -0.343. The number of nitrogens with one attached hydrogen (secondary N) is 1. The third-order valence-electron chi connectivity index (χ3n) is 4.33. The van der Waals surface area contributed by atoms with Crippen molar-refractivity contribution in [2.24, 2.45) is 5.10 Å². The molecule has 0 spiro atoms. The number of aryl methyl sites for hydroxylation is 1. The Balaban J connectivity index is 1.54. The fraction of sp³-hybridized carbons (Fsp3) is 0.130. The average molecular weight is 425 g/mol. The lowest BCUT2D eigenvalue weighted by Crippen LogP contribution is -2.17. The zero-order chi connectivity index (χ0) is 21.5. The van der Waals surface area contributed by atoms with Crippen molar-refractivity contribution in [2.45, 2.75) is 13.5 Å². The van der Waals surface area contributed by atoms with Gasteiger partial charge in [-0.2, -0.15) is 5.10 Å². The van der Waals surface area contributed by atoms with E-state index in [2.05, 4.69) is 10.5 Å². The van der Waals surface area contributed by atoms with Gasteiger partial charge in [0.15, 0.2) is 11.5 Å². The van der Waals surface area contributed by atoms with E-state index in [1.807, 2.05) is 31.2 Å². The van der Waals surface area contributed by atoms with Crippen LogP contribution in [0.5, 0.6) is 17.2 Å². The van der Waals surface area contributed by atoms with Gasteiger partial charge < -0.3 is 14.6 Å². The molecule has 30 heavy (non-hydrogen) atoms. The van der Waals surface area contributed by atoms with Crippen LogP contribution in [0.25, 0.3) is 0 Å². The SMILES string of the molecule is COc1ccc(/C=N/NC(=O)c2ccc(COc3ccc(Cl)c(C)c3)cc2)cc1O. The summed E-state index contributed by atoms with van der Waals surface area (Å²) in [6.07, 6.45) is 1.44. The molecule has 0 aliphatic rings. The summed E-state index contributed by atoms with van der Waals surface area (Å²) in [5, 5.41) is 14.4. The van der Waals surface area contributed by atoms with Crippen LogP contribution < -0.4 is 14.9 Å². The molecule has 7 heteroatoms. The Morgan fingerprint density at radius 3 is 2.57 bits per heavy atom. The highest BCUT2D eigenvalue weighted by Crippen LogP contribution is 2.25. The van der Waals surface area contributed by atoms with E-state index < -0.39 is 0 Å². The summed E-state index contributed by atoms with van der Waals surface area (Å²) in [5.41, 5.74) is 5.43. The van der Waals surface area contributed by atoms with Crippen molar-refractivity contribution < 1.29 is 19.4 Å². The molecule has 0 unspecified atom stereocenters. The largest absolute Gasteiger partial charge is 0.504 e. The smallest absolute Gasteiger partial charge is 0.271 e. The summed E-state index contributed by atoms with van der Waals surface area (Å²) in [4.78, 5) is 12.2. The molecule has 3 aromatic carbocycles. The first kappa shape index (κ1) is 21.2. The van der Waals surface area contributed by atoms with Crippen molar-refractivity contribution in [1.29, 1.82) is 0 Å². The minimum Gasteiger partial charge on any atom is -0.504 e. The monoisotopic (exact) mass is 424 g/mol. The molecule has 0 aromatic heterocycles. The Kier molecular flexibility index (Phi) is 6.93. The summed E-state index contributed by atoms with van der Waals surface area (Å²) in [7, 11) is 1.47. The van der Waals surface area contributed by atoms with Gasteiger partial charge in [-0.1, -0.05) is 23.7 Å². The minimum absolute atomic E-state index is 0.000606. The van der Waals surface area contributed by atoms with Gasteiger partial charge >= 0.3 is 0 Å². The van der Waals surface area contributed by atoms with Crippen molar-refractivity contribution in [2.75, 3.05) is 7.11 Å². The number of ether oxygens (including phenoxy) is 2. The number of hydrogen-bond donors (Lipinski definition) is 2. The summed E-state index contributed by atoms with van der Waals surface area (Å²) < 4.78 is 10.7. The van der Waals surface area contributed by atoms with E-state index >= 15 is 0 Å². The standard InChI is InChI=1S/C23H21ClN2O4/c1-15-11-19(8-9-20(15)24)30-14-16-3-6-18(7-4-16)23(28)26-25-13-17-5-10-22(29-2)21(27)12-17/h3-13,27H,14H2,1-2H3,(H,26,28)/b25-13+. The van der Waals surface area contributed by atoms with Crippen molar-refractivity contribution in [3.8, 4) is 17.2 Å². The van der Waals surface area contributed by atoms with Crippen LogP contribution in [0.15, 0.2) is 65.8 Å². The Morgan fingerprint density at radius 1 is 1.13 bits per heavy atom. The fourth-order valence-electron chi connectivity index (χ4n) is 2.64. The van der Waals surface area contributed by atoms with Crippen molar-refractivity contribution in [1.82, 2.24) is 5.43 Å². The number of rotatable bonds is 7. The van der Waals surface area contributed by atoms with Gasteiger partial charge in [0, 0.05) is 10.6 Å². The van der Waals surface area contributed by atoms with Crippen LogP contribution in [0.4, 0.5) is 0 Å². The van der Waals surface area contributed by atoms with Crippen LogP contribution in [0.2, 0.25) is 5.02 Å². The zero-order valence-electron chi connectivity index (χ0n) is 16.6. The Morgan fingerprint density at radius 2 is 1.90 bits per heavy atom. The number of benzene rings is 3. The number of carbonyl (C=O) groups excluding carboxylic acids is 1. The number of phenols is 1. The summed E-state index contributed by atoms with van der Waals surface area (Å²) in [6, 6.07) is 17.4. The van der Waals surface area contributed by atoms with Gasteiger partial charge in [-0.3, -0.25) is 4.79 Å². The van der Waals surface area contributed by atoms with E-state index in [0.717, 1.165) is 16.9 Å². The first-order valence-electron chi connectivity index (χ1n) is 9.14. The second-order valence-electron chi connectivity index (χ2n) is 6.53. The maximum atomic E-state index is 12.2. The molecule has 0 saturated heterocycles. The number of nitrogens with zero attached hydrogens (tertiary/aromatic N) is 1. The maximum absolute atomic E-state index is 12.2. The van der Waals surface area contributed by atoms with E-state index in [0.29, 0.717) is 28.5 Å².